The van der Waals surface area contributed by atoms with E-state index in [0.29, 0.717) is 19.4 Å². The number of piperidine rings is 1. The second kappa shape index (κ2) is 5.54. The first-order valence-electron chi connectivity index (χ1n) is 6.12. The van der Waals surface area contributed by atoms with Crippen molar-refractivity contribution >= 4 is 10.0 Å². The standard InChI is InChI=1S/C12H17FN2O3S/c13-11-4-1-5-12(10(11)7-14)19(17,18)15-6-2-3-9(16)8-15/h1,4-5,9,16H,2-3,6-8,14H2. The molecule has 1 heterocycles. The summed E-state index contributed by atoms with van der Waals surface area (Å²) in [4.78, 5) is -0.107. The van der Waals surface area contributed by atoms with Crippen molar-refractivity contribution in [2.75, 3.05) is 13.1 Å². The van der Waals surface area contributed by atoms with Crippen molar-refractivity contribution in [1.29, 1.82) is 0 Å². The summed E-state index contributed by atoms with van der Waals surface area (Å²) in [5, 5.41) is 9.57. The molecule has 1 atom stereocenters. The van der Waals surface area contributed by atoms with Crippen LogP contribution in [0.4, 0.5) is 4.39 Å². The minimum atomic E-state index is -3.81. The number of nitrogens with zero attached hydrogens (tertiary/aromatic N) is 1. The van der Waals surface area contributed by atoms with Crippen LogP contribution in [0.1, 0.15) is 18.4 Å². The normalized spacial score (nSPS) is 21.5. The third-order valence-corrected chi connectivity index (χ3v) is 5.21. The van der Waals surface area contributed by atoms with E-state index in [0.717, 1.165) is 0 Å². The van der Waals surface area contributed by atoms with Gasteiger partial charge in [0.05, 0.1) is 11.0 Å². The Labute approximate surface area is 111 Å². The Balaban J connectivity index is 2.42. The van der Waals surface area contributed by atoms with Gasteiger partial charge in [-0.3, -0.25) is 0 Å². The molecular weight excluding hydrogens is 271 g/mol. The molecule has 1 saturated heterocycles. The van der Waals surface area contributed by atoms with Gasteiger partial charge in [-0.05, 0) is 25.0 Å². The van der Waals surface area contributed by atoms with Gasteiger partial charge >= 0.3 is 0 Å². The monoisotopic (exact) mass is 288 g/mol. The maximum Gasteiger partial charge on any atom is 0.243 e. The van der Waals surface area contributed by atoms with Crippen LogP contribution in [0.5, 0.6) is 0 Å². The highest BCUT2D eigenvalue weighted by molar-refractivity contribution is 7.89. The van der Waals surface area contributed by atoms with Gasteiger partial charge < -0.3 is 10.8 Å². The lowest BCUT2D eigenvalue weighted by Gasteiger charge is -2.29. The lowest BCUT2D eigenvalue weighted by Crippen LogP contribution is -2.42. The summed E-state index contributed by atoms with van der Waals surface area (Å²) < 4.78 is 39.7. The molecule has 1 fully saturated rings. The fourth-order valence-corrected chi connectivity index (χ4v) is 4.02. The Morgan fingerprint density at radius 2 is 2.21 bits per heavy atom. The summed E-state index contributed by atoms with van der Waals surface area (Å²) in [7, 11) is -3.81. The highest BCUT2D eigenvalue weighted by atomic mass is 32.2. The van der Waals surface area contributed by atoms with Gasteiger partial charge in [0.15, 0.2) is 0 Å². The second-order valence-electron chi connectivity index (χ2n) is 4.58. The lowest BCUT2D eigenvalue weighted by molar-refractivity contribution is 0.108. The maximum atomic E-state index is 13.6. The minimum Gasteiger partial charge on any atom is -0.392 e. The minimum absolute atomic E-state index is 0.0115. The second-order valence-corrected chi connectivity index (χ2v) is 6.49. The number of rotatable bonds is 3. The first-order valence-corrected chi connectivity index (χ1v) is 7.56. The molecule has 1 aromatic rings. The number of hydrogen-bond donors (Lipinski definition) is 2. The van der Waals surface area contributed by atoms with Gasteiger partial charge in [0, 0.05) is 25.2 Å². The van der Waals surface area contributed by atoms with E-state index in [2.05, 4.69) is 0 Å². The first kappa shape index (κ1) is 14.4. The topological polar surface area (TPSA) is 83.6 Å². The van der Waals surface area contributed by atoms with E-state index in [-0.39, 0.29) is 23.5 Å². The predicted molar refractivity (Wildman–Crippen MR) is 68.3 cm³/mol. The van der Waals surface area contributed by atoms with Gasteiger partial charge in [0.25, 0.3) is 0 Å². The summed E-state index contributed by atoms with van der Waals surface area (Å²) in [5.74, 6) is -0.624. The summed E-state index contributed by atoms with van der Waals surface area (Å²) in [6.45, 7) is 0.195. The molecule has 19 heavy (non-hydrogen) atoms. The summed E-state index contributed by atoms with van der Waals surface area (Å²) >= 11 is 0. The van der Waals surface area contributed by atoms with Gasteiger partial charge in [-0.25, -0.2) is 12.8 Å². The zero-order valence-corrected chi connectivity index (χ0v) is 11.2. The van der Waals surface area contributed by atoms with Crippen LogP contribution in [0.15, 0.2) is 23.1 Å². The molecule has 0 amide bonds. The van der Waals surface area contributed by atoms with E-state index in [9.17, 15) is 17.9 Å². The molecule has 106 valence electrons. The quantitative estimate of drug-likeness (QED) is 0.845. The fourth-order valence-electron chi connectivity index (χ4n) is 2.26. The maximum absolute atomic E-state index is 13.6. The van der Waals surface area contributed by atoms with Crippen molar-refractivity contribution < 1.29 is 17.9 Å². The third kappa shape index (κ3) is 2.79. The molecule has 1 aromatic carbocycles. The molecule has 0 bridgehead atoms. The Morgan fingerprint density at radius 3 is 2.84 bits per heavy atom. The van der Waals surface area contributed by atoms with Crippen molar-refractivity contribution in [3.63, 3.8) is 0 Å². The van der Waals surface area contributed by atoms with E-state index < -0.39 is 21.9 Å². The van der Waals surface area contributed by atoms with Crippen molar-refractivity contribution in [2.24, 2.45) is 5.73 Å². The average Bonchev–Trinajstić information content (AvgIpc) is 2.38. The number of sulfonamides is 1. The van der Waals surface area contributed by atoms with Gasteiger partial charge in [-0.15, -0.1) is 0 Å². The molecule has 0 radical (unpaired) electrons. The van der Waals surface area contributed by atoms with Crippen LogP contribution in [-0.4, -0.2) is 37.0 Å². The highest BCUT2D eigenvalue weighted by Crippen LogP contribution is 2.25. The molecule has 3 N–H and O–H groups in total. The number of hydrogen-bond acceptors (Lipinski definition) is 4. The van der Waals surface area contributed by atoms with Crippen LogP contribution in [0, 0.1) is 5.82 Å². The van der Waals surface area contributed by atoms with Gasteiger partial charge in [-0.2, -0.15) is 4.31 Å². The van der Waals surface area contributed by atoms with E-state index in [1.165, 1.54) is 22.5 Å². The third-order valence-electron chi connectivity index (χ3n) is 3.26. The van der Waals surface area contributed by atoms with Gasteiger partial charge in [0.1, 0.15) is 5.82 Å². The number of β-amino-alcohol motifs (C(OH)–C–C–N with tert-alkyl or cyclic N) is 1. The molecule has 1 aliphatic rings. The molecule has 2 rings (SSSR count). The summed E-state index contributed by atoms with van der Waals surface area (Å²) in [6.07, 6.45) is 0.505. The molecular formula is C12H17FN2O3S. The van der Waals surface area contributed by atoms with E-state index in [1.807, 2.05) is 0 Å². The van der Waals surface area contributed by atoms with Crippen LogP contribution < -0.4 is 5.73 Å². The van der Waals surface area contributed by atoms with Gasteiger partial charge in [-0.1, -0.05) is 6.07 Å². The number of aliphatic hydroxyl groups is 1. The van der Waals surface area contributed by atoms with Crippen LogP contribution in [0.25, 0.3) is 0 Å². The van der Waals surface area contributed by atoms with Crippen molar-refractivity contribution in [1.82, 2.24) is 4.31 Å². The Hall–Kier alpha value is -1.02. The van der Waals surface area contributed by atoms with Gasteiger partial charge in [0.2, 0.25) is 10.0 Å². The molecule has 0 spiro atoms. The van der Waals surface area contributed by atoms with Crippen LogP contribution >= 0.6 is 0 Å². The Kier molecular flexibility index (Phi) is 4.19. The SMILES string of the molecule is NCc1c(F)cccc1S(=O)(=O)N1CCCC(O)C1. The van der Waals surface area contributed by atoms with Crippen LogP contribution in [0.3, 0.4) is 0 Å². The average molecular weight is 288 g/mol. The Bertz CT molecular complexity index is 562. The van der Waals surface area contributed by atoms with E-state index in [4.69, 9.17) is 5.73 Å². The Morgan fingerprint density at radius 1 is 1.47 bits per heavy atom. The number of nitrogens with two attached hydrogens (primary N) is 1. The van der Waals surface area contributed by atoms with Crippen LogP contribution in [0.2, 0.25) is 0 Å². The molecule has 5 nitrogen and oxygen atoms in total. The smallest absolute Gasteiger partial charge is 0.243 e. The number of aliphatic hydroxyl groups excluding tert-OH is 1. The van der Waals surface area contributed by atoms with E-state index in [1.54, 1.807) is 0 Å². The largest absolute Gasteiger partial charge is 0.392 e. The van der Waals surface area contributed by atoms with Crippen molar-refractivity contribution in [3.8, 4) is 0 Å². The highest BCUT2D eigenvalue weighted by Gasteiger charge is 2.31. The number of halogens is 1. The molecule has 1 unspecified atom stereocenters. The zero-order valence-electron chi connectivity index (χ0n) is 10.4. The summed E-state index contributed by atoms with van der Waals surface area (Å²) in [6, 6.07) is 3.88. The molecule has 0 aromatic heterocycles. The fraction of sp³-hybridized carbons (Fsp3) is 0.500. The lowest BCUT2D eigenvalue weighted by atomic mass is 10.1. The molecule has 7 heteroatoms. The number of benzene rings is 1. The first-order chi connectivity index (χ1) is 8.96. The molecule has 0 aliphatic carbocycles. The predicted octanol–water partition coefficient (Wildman–Crippen LogP) is 0.430. The summed E-state index contributed by atoms with van der Waals surface area (Å²) in [5.41, 5.74) is 5.42. The van der Waals surface area contributed by atoms with Crippen molar-refractivity contribution in [2.45, 2.75) is 30.4 Å². The van der Waals surface area contributed by atoms with Crippen molar-refractivity contribution in [3.05, 3.63) is 29.6 Å². The van der Waals surface area contributed by atoms with E-state index >= 15 is 0 Å². The molecule has 1 aliphatic heterocycles. The zero-order chi connectivity index (χ0) is 14.0. The molecule has 0 saturated carbocycles. The van der Waals surface area contributed by atoms with Crippen LogP contribution in [-0.2, 0) is 16.6 Å².